The van der Waals surface area contributed by atoms with E-state index in [2.05, 4.69) is 13.5 Å². The van der Waals surface area contributed by atoms with E-state index in [0.29, 0.717) is 12.0 Å². The van der Waals surface area contributed by atoms with Crippen LogP contribution in [0.5, 0.6) is 11.5 Å². The minimum Gasteiger partial charge on any atom is -0.382 e. The van der Waals surface area contributed by atoms with E-state index in [9.17, 15) is 16.8 Å². The maximum Gasteiger partial charge on any atom is 0.306 e. The van der Waals surface area contributed by atoms with Crippen LogP contribution in [0.1, 0.15) is 49.8 Å². The summed E-state index contributed by atoms with van der Waals surface area (Å²) in [7, 11) is -7.76. The first-order valence-corrected chi connectivity index (χ1v) is 13.7. The van der Waals surface area contributed by atoms with Crippen LogP contribution in [0.3, 0.4) is 0 Å². The molecule has 0 saturated carbocycles. The first-order valence-electron chi connectivity index (χ1n) is 10.0. The summed E-state index contributed by atoms with van der Waals surface area (Å²) in [4.78, 5) is 0. The van der Waals surface area contributed by atoms with Gasteiger partial charge < -0.3 is 8.37 Å². The summed E-state index contributed by atoms with van der Waals surface area (Å²) >= 11 is 0. The molecule has 0 aliphatic carbocycles. The highest BCUT2D eigenvalue weighted by atomic mass is 32.2. The average molecular weight is 467 g/mol. The van der Waals surface area contributed by atoms with Crippen molar-refractivity contribution >= 4 is 25.8 Å². The van der Waals surface area contributed by atoms with Gasteiger partial charge in [0.15, 0.2) is 11.5 Å². The lowest BCUT2D eigenvalue weighted by Crippen LogP contribution is -2.11. The van der Waals surface area contributed by atoms with Crippen molar-refractivity contribution in [2.24, 2.45) is 0 Å². The summed E-state index contributed by atoms with van der Waals surface area (Å²) in [5, 5.41) is 0. The van der Waals surface area contributed by atoms with Gasteiger partial charge in [0.2, 0.25) is 0 Å². The zero-order valence-electron chi connectivity index (χ0n) is 18.7. The van der Waals surface area contributed by atoms with E-state index >= 15 is 0 Å². The number of aryl methyl sites for hydroxylation is 2. The van der Waals surface area contributed by atoms with Crippen LogP contribution in [0.4, 0.5) is 0 Å². The number of unbranched alkanes of at least 4 members (excludes halogenated alkanes) is 2. The highest BCUT2D eigenvalue weighted by Crippen LogP contribution is 2.44. The molecule has 170 valence electrons. The molecule has 6 nitrogen and oxygen atoms in total. The van der Waals surface area contributed by atoms with Crippen LogP contribution >= 0.6 is 0 Å². The predicted molar refractivity (Wildman–Crippen MR) is 125 cm³/mol. The summed E-state index contributed by atoms with van der Waals surface area (Å²) in [6.45, 7) is 9.79. The maximum atomic E-state index is 12.0. The molecule has 0 heterocycles. The van der Waals surface area contributed by atoms with E-state index in [1.165, 1.54) is 0 Å². The van der Waals surface area contributed by atoms with Gasteiger partial charge >= 0.3 is 20.2 Å². The molecule has 0 aromatic heterocycles. The van der Waals surface area contributed by atoms with E-state index in [1.54, 1.807) is 12.1 Å². The molecule has 0 unspecified atom stereocenters. The zero-order chi connectivity index (χ0) is 23.4. The molecule has 0 saturated heterocycles. The molecular formula is C23H30O6S2. The summed E-state index contributed by atoms with van der Waals surface area (Å²) in [6, 6.07) is 8.88. The minimum absolute atomic E-state index is 0.0308. The van der Waals surface area contributed by atoms with Crippen LogP contribution in [-0.2, 0) is 26.7 Å². The first-order chi connectivity index (χ1) is 14.3. The van der Waals surface area contributed by atoms with Gasteiger partial charge in [0, 0.05) is 0 Å². The van der Waals surface area contributed by atoms with Crippen molar-refractivity contribution in [2.45, 2.75) is 46.5 Å². The largest absolute Gasteiger partial charge is 0.382 e. The molecule has 0 fully saturated rings. The van der Waals surface area contributed by atoms with Gasteiger partial charge in [-0.25, -0.2) is 0 Å². The van der Waals surface area contributed by atoms with Gasteiger partial charge in [0.05, 0.1) is 18.1 Å². The van der Waals surface area contributed by atoms with Crippen LogP contribution < -0.4 is 8.37 Å². The van der Waals surface area contributed by atoms with Crippen molar-refractivity contribution in [1.29, 1.82) is 0 Å². The van der Waals surface area contributed by atoms with Gasteiger partial charge in [-0.1, -0.05) is 55.7 Å². The molecule has 2 aromatic rings. The van der Waals surface area contributed by atoms with Crippen LogP contribution in [0, 0.1) is 6.92 Å². The Kier molecular flexibility index (Phi) is 7.94. The topological polar surface area (TPSA) is 86.7 Å². The Bertz CT molecular complexity index is 1120. The second kappa shape index (κ2) is 9.87. The Hall–Kier alpha value is -2.32. The smallest absolute Gasteiger partial charge is 0.306 e. The second-order valence-corrected chi connectivity index (χ2v) is 11.0. The normalized spacial score (nSPS) is 11.9. The molecule has 0 radical (unpaired) electrons. The molecule has 0 N–H and O–H groups in total. The van der Waals surface area contributed by atoms with Crippen molar-refractivity contribution in [3.63, 3.8) is 0 Å². The van der Waals surface area contributed by atoms with Crippen LogP contribution in [-0.4, -0.2) is 29.3 Å². The fraction of sp³-hybridized carbons (Fsp3) is 0.391. The SMILES string of the molecule is C=C(C)c1ccc(C)cc1-c1c(OS(C)(=O)=O)cc(CCCCC)cc1OS(C)(=O)=O. The first kappa shape index (κ1) is 24.9. The van der Waals surface area contributed by atoms with Gasteiger partial charge in [0.25, 0.3) is 0 Å². The van der Waals surface area contributed by atoms with E-state index in [-0.39, 0.29) is 17.1 Å². The number of hydrogen-bond donors (Lipinski definition) is 0. The van der Waals surface area contributed by atoms with Crippen LogP contribution in [0.15, 0.2) is 36.9 Å². The second-order valence-electron chi connectivity index (χ2n) is 7.83. The molecule has 8 heteroatoms. The Morgan fingerprint density at radius 3 is 1.94 bits per heavy atom. The van der Waals surface area contributed by atoms with Gasteiger partial charge in [-0.3, -0.25) is 0 Å². The lowest BCUT2D eigenvalue weighted by atomic mass is 9.91. The quantitative estimate of drug-likeness (QED) is 0.357. The molecule has 0 aliphatic heterocycles. The molecule has 0 atom stereocenters. The van der Waals surface area contributed by atoms with E-state index in [4.69, 9.17) is 8.37 Å². The number of benzene rings is 2. The zero-order valence-corrected chi connectivity index (χ0v) is 20.3. The fourth-order valence-corrected chi connectivity index (χ4v) is 4.24. The monoisotopic (exact) mass is 466 g/mol. The number of allylic oxidation sites excluding steroid dienone is 1. The van der Waals surface area contributed by atoms with Crippen molar-refractivity contribution < 1.29 is 25.2 Å². The summed E-state index contributed by atoms with van der Waals surface area (Å²) in [5.41, 5.74) is 3.96. The van der Waals surface area contributed by atoms with Crippen LogP contribution in [0.25, 0.3) is 16.7 Å². The predicted octanol–water partition coefficient (Wildman–Crippen LogP) is 5.10. The summed E-state index contributed by atoms with van der Waals surface area (Å²) in [5.74, 6) is 0.0616. The van der Waals surface area contributed by atoms with Gasteiger partial charge in [0.1, 0.15) is 0 Å². The van der Waals surface area contributed by atoms with Gasteiger partial charge in [-0.15, -0.1) is 0 Å². The number of rotatable bonds is 10. The average Bonchev–Trinajstić information content (AvgIpc) is 2.58. The Labute approximate surface area is 186 Å². The molecule has 0 amide bonds. The van der Waals surface area contributed by atoms with Gasteiger partial charge in [-0.05, 0) is 55.5 Å². The Balaban J connectivity index is 2.88. The molecule has 0 bridgehead atoms. The third-order valence-electron chi connectivity index (χ3n) is 4.58. The lowest BCUT2D eigenvalue weighted by Gasteiger charge is -2.19. The third kappa shape index (κ3) is 7.40. The van der Waals surface area contributed by atoms with Gasteiger partial charge in [-0.2, -0.15) is 16.8 Å². The molecule has 2 rings (SSSR count). The van der Waals surface area contributed by atoms with E-state index in [0.717, 1.165) is 54.0 Å². The highest BCUT2D eigenvalue weighted by Gasteiger charge is 2.23. The minimum atomic E-state index is -3.88. The van der Waals surface area contributed by atoms with Crippen molar-refractivity contribution in [2.75, 3.05) is 12.5 Å². The maximum absolute atomic E-state index is 12.0. The molecule has 31 heavy (non-hydrogen) atoms. The highest BCUT2D eigenvalue weighted by molar-refractivity contribution is 7.86. The summed E-state index contributed by atoms with van der Waals surface area (Å²) in [6.07, 6.45) is 5.41. The number of hydrogen-bond acceptors (Lipinski definition) is 6. The van der Waals surface area contributed by atoms with E-state index < -0.39 is 20.2 Å². The van der Waals surface area contributed by atoms with Crippen LogP contribution in [0.2, 0.25) is 0 Å². The molecule has 2 aromatic carbocycles. The van der Waals surface area contributed by atoms with E-state index in [1.807, 2.05) is 32.0 Å². The van der Waals surface area contributed by atoms with Crippen molar-refractivity contribution in [3.05, 3.63) is 53.6 Å². The molecule has 0 spiro atoms. The Morgan fingerprint density at radius 1 is 0.935 bits per heavy atom. The molecular weight excluding hydrogens is 436 g/mol. The Morgan fingerprint density at radius 2 is 1.48 bits per heavy atom. The molecule has 0 aliphatic rings. The fourth-order valence-electron chi connectivity index (χ4n) is 3.33. The van der Waals surface area contributed by atoms with Crippen molar-refractivity contribution in [3.8, 4) is 22.6 Å². The summed E-state index contributed by atoms with van der Waals surface area (Å²) < 4.78 is 58.8. The van der Waals surface area contributed by atoms with Crippen molar-refractivity contribution in [1.82, 2.24) is 0 Å². The standard InChI is InChI=1S/C23H30O6S2/c1-7-8-9-10-18-14-21(28-30(5,24)25)23(22(15-18)29-31(6,26)27)20-13-17(4)11-12-19(20)16(2)3/h11-15H,2,7-10H2,1,3-6H3. The lowest BCUT2D eigenvalue weighted by molar-refractivity contribution is 0.484. The third-order valence-corrected chi connectivity index (χ3v) is 5.55.